The van der Waals surface area contributed by atoms with Gasteiger partial charge in [-0.1, -0.05) is 39.5 Å². The second-order valence-corrected chi connectivity index (χ2v) is 6.02. The second kappa shape index (κ2) is 7.32. The summed E-state index contributed by atoms with van der Waals surface area (Å²) in [5, 5.41) is 0.775. The van der Waals surface area contributed by atoms with E-state index in [0.717, 1.165) is 23.8 Å². The molecule has 0 aromatic carbocycles. The van der Waals surface area contributed by atoms with Crippen LogP contribution in [0.3, 0.4) is 0 Å². The van der Waals surface area contributed by atoms with Crippen molar-refractivity contribution in [2.24, 2.45) is 5.92 Å². The predicted octanol–water partition coefficient (Wildman–Crippen LogP) is 4.06. The lowest BCUT2D eigenvalue weighted by Crippen LogP contribution is -2.17. The lowest BCUT2D eigenvalue weighted by atomic mass is 10.0. The molecule has 1 nitrogen and oxygen atoms in total. The largest absolute Gasteiger partial charge is 0.298 e. The molecule has 0 aromatic rings. The molecule has 0 aromatic heterocycles. The van der Waals surface area contributed by atoms with Crippen molar-refractivity contribution in [2.45, 2.75) is 64.0 Å². The first-order valence-corrected chi connectivity index (χ1v) is 7.43. The van der Waals surface area contributed by atoms with Gasteiger partial charge in [0, 0.05) is 11.2 Å². The van der Waals surface area contributed by atoms with Crippen LogP contribution in [0.15, 0.2) is 0 Å². The molecule has 1 atom stereocenters. The van der Waals surface area contributed by atoms with E-state index in [0.29, 0.717) is 5.78 Å². The number of hydrogen-bond acceptors (Lipinski definition) is 2. The van der Waals surface area contributed by atoms with Gasteiger partial charge in [-0.05, 0) is 19.3 Å². The van der Waals surface area contributed by atoms with Crippen LogP contribution >= 0.6 is 11.8 Å². The van der Waals surface area contributed by atoms with E-state index in [2.05, 4.69) is 13.8 Å². The van der Waals surface area contributed by atoms with Gasteiger partial charge in [-0.15, -0.1) is 0 Å². The minimum atomic E-state index is 0.283. The van der Waals surface area contributed by atoms with Crippen LogP contribution in [0.5, 0.6) is 0 Å². The number of carbonyl (C=O) groups excluding carboxylic acids is 1. The van der Waals surface area contributed by atoms with Crippen molar-refractivity contribution in [1.29, 1.82) is 0 Å². The summed E-state index contributed by atoms with van der Waals surface area (Å²) in [7, 11) is 0. The van der Waals surface area contributed by atoms with Crippen LogP contribution in [0.2, 0.25) is 0 Å². The molecule has 1 fully saturated rings. The Morgan fingerprint density at radius 3 is 2.60 bits per heavy atom. The fraction of sp³-hybridized carbons (Fsp3) is 0.923. The smallest absolute Gasteiger partial charge is 0.145 e. The van der Waals surface area contributed by atoms with E-state index in [4.69, 9.17) is 0 Å². The highest BCUT2D eigenvalue weighted by Gasteiger charge is 2.17. The van der Waals surface area contributed by atoms with Crippen molar-refractivity contribution in [2.75, 3.05) is 5.75 Å². The van der Waals surface area contributed by atoms with Crippen LogP contribution in [0.1, 0.15) is 58.8 Å². The van der Waals surface area contributed by atoms with Gasteiger partial charge < -0.3 is 0 Å². The van der Waals surface area contributed by atoms with Gasteiger partial charge >= 0.3 is 0 Å². The lowest BCUT2D eigenvalue weighted by molar-refractivity contribution is -0.120. The number of thioether (sulfide) groups is 1. The van der Waals surface area contributed by atoms with Gasteiger partial charge in [0.1, 0.15) is 5.78 Å². The Morgan fingerprint density at radius 2 is 2.00 bits per heavy atom. The third kappa shape index (κ3) is 5.05. The zero-order valence-electron chi connectivity index (χ0n) is 10.1. The quantitative estimate of drug-likeness (QED) is 0.682. The summed E-state index contributed by atoms with van der Waals surface area (Å²) in [6, 6.07) is 0. The molecule has 1 aliphatic rings. The highest BCUT2D eigenvalue weighted by Crippen LogP contribution is 2.28. The summed E-state index contributed by atoms with van der Waals surface area (Å²) in [5.74, 6) is 1.50. The topological polar surface area (TPSA) is 17.1 Å². The Balaban J connectivity index is 2.14. The molecule has 0 heterocycles. The van der Waals surface area contributed by atoms with Crippen LogP contribution in [0.25, 0.3) is 0 Å². The molecular weight excluding hydrogens is 204 g/mol. The maximum Gasteiger partial charge on any atom is 0.145 e. The maximum atomic E-state index is 11.8. The molecule has 2 heteroatoms. The standard InChI is InChI=1S/C13H24OS/c1-3-7-11(2)13(14)10-15-12-8-5-4-6-9-12/h11-12H,3-10H2,1-2H3. The van der Waals surface area contributed by atoms with Gasteiger partial charge in [0.05, 0.1) is 5.75 Å². The molecule has 0 bridgehead atoms. The van der Waals surface area contributed by atoms with Gasteiger partial charge in [0.2, 0.25) is 0 Å². The number of carbonyl (C=O) groups is 1. The van der Waals surface area contributed by atoms with E-state index in [1.807, 2.05) is 11.8 Å². The molecule has 0 saturated heterocycles. The average molecular weight is 228 g/mol. The van der Waals surface area contributed by atoms with Crippen LogP contribution in [-0.2, 0) is 4.79 Å². The Labute approximate surface area is 98.4 Å². The highest BCUT2D eigenvalue weighted by atomic mass is 32.2. The minimum absolute atomic E-state index is 0.283. The molecule has 88 valence electrons. The summed E-state index contributed by atoms with van der Waals surface area (Å²) >= 11 is 1.91. The van der Waals surface area contributed by atoms with Crippen LogP contribution in [0.4, 0.5) is 0 Å². The molecule has 1 aliphatic carbocycles. The third-order valence-electron chi connectivity index (χ3n) is 3.28. The number of Topliss-reactive ketones (excluding diaryl/α,β-unsaturated/α-hetero) is 1. The van der Waals surface area contributed by atoms with E-state index >= 15 is 0 Å². The van der Waals surface area contributed by atoms with Crippen molar-refractivity contribution in [1.82, 2.24) is 0 Å². The molecule has 0 radical (unpaired) electrons. The van der Waals surface area contributed by atoms with E-state index in [1.54, 1.807) is 0 Å². The van der Waals surface area contributed by atoms with Crippen molar-refractivity contribution < 1.29 is 4.79 Å². The van der Waals surface area contributed by atoms with Gasteiger partial charge in [0.25, 0.3) is 0 Å². The maximum absolute atomic E-state index is 11.8. The molecule has 1 unspecified atom stereocenters. The fourth-order valence-corrected chi connectivity index (χ4v) is 3.52. The zero-order chi connectivity index (χ0) is 11.1. The van der Waals surface area contributed by atoms with Gasteiger partial charge in [-0.3, -0.25) is 4.79 Å². The van der Waals surface area contributed by atoms with Crippen LogP contribution in [0, 0.1) is 5.92 Å². The van der Waals surface area contributed by atoms with Crippen molar-refractivity contribution in [3.63, 3.8) is 0 Å². The monoisotopic (exact) mass is 228 g/mol. The highest BCUT2D eigenvalue weighted by molar-refractivity contribution is 8.00. The second-order valence-electron chi connectivity index (χ2n) is 4.73. The van der Waals surface area contributed by atoms with Crippen molar-refractivity contribution >= 4 is 17.5 Å². The molecule has 0 spiro atoms. The van der Waals surface area contributed by atoms with E-state index < -0.39 is 0 Å². The normalized spacial score (nSPS) is 20.1. The third-order valence-corrected chi connectivity index (χ3v) is 4.68. The lowest BCUT2D eigenvalue weighted by Gasteiger charge is -2.21. The SMILES string of the molecule is CCCC(C)C(=O)CSC1CCCCC1. The van der Waals surface area contributed by atoms with E-state index in [-0.39, 0.29) is 5.92 Å². The van der Waals surface area contributed by atoms with Gasteiger partial charge in [-0.25, -0.2) is 0 Å². The zero-order valence-corrected chi connectivity index (χ0v) is 10.9. The first-order valence-electron chi connectivity index (χ1n) is 6.38. The number of ketones is 1. The first-order chi connectivity index (χ1) is 7.24. The molecule has 0 aliphatic heterocycles. The fourth-order valence-electron chi connectivity index (χ4n) is 2.17. The van der Waals surface area contributed by atoms with Crippen LogP contribution in [-0.4, -0.2) is 16.8 Å². The number of rotatable bonds is 6. The van der Waals surface area contributed by atoms with Crippen molar-refractivity contribution in [3.05, 3.63) is 0 Å². The van der Waals surface area contributed by atoms with E-state index in [9.17, 15) is 4.79 Å². The summed E-state index contributed by atoms with van der Waals surface area (Å²) in [6.07, 6.45) is 9.00. The molecule has 0 N–H and O–H groups in total. The minimum Gasteiger partial charge on any atom is -0.298 e. The van der Waals surface area contributed by atoms with Crippen molar-refractivity contribution in [3.8, 4) is 0 Å². The average Bonchev–Trinajstić information content (AvgIpc) is 2.27. The van der Waals surface area contributed by atoms with Crippen LogP contribution < -0.4 is 0 Å². The Bertz CT molecular complexity index is 185. The molecule has 1 saturated carbocycles. The predicted molar refractivity (Wildman–Crippen MR) is 68.4 cm³/mol. The molecular formula is C13H24OS. The Hall–Kier alpha value is 0.0200. The Morgan fingerprint density at radius 1 is 1.33 bits per heavy atom. The molecule has 15 heavy (non-hydrogen) atoms. The number of hydrogen-bond donors (Lipinski definition) is 0. The van der Waals surface area contributed by atoms with E-state index in [1.165, 1.54) is 32.1 Å². The van der Waals surface area contributed by atoms with Gasteiger partial charge in [-0.2, -0.15) is 11.8 Å². The molecule has 1 rings (SSSR count). The Kier molecular flexibility index (Phi) is 6.39. The summed E-state index contributed by atoms with van der Waals surface area (Å²) in [6.45, 7) is 4.23. The summed E-state index contributed by atoms with van der Waals surface area (Å²) in [5.41, 5.74) is 0. The summed E-state index contributed by atoms with van der Waals surface area (Å²) < 4.78 is 0. The summed E-state index contributed by atoms with van der Waals surface area (Å²) in [4.78, 5) is 11.8. The van der Waals surface area contributed by atoms with Gasteiger partial charge in [0.15, 0.2) is 0 Å². The molecule has 0 amide bonds. The first kappa shape index (κ1) is 13.1.